The molecular weight excluding hydrogens is 302 g/mol. The van der Waals surface area contributed by atoms with Gasteiger partial charge in [0.25, 0.3) is 11.5 Å². The van der Waals surface area contributed by atoms with E-state index in [-0.39, 0.29) is 11.3 Å². The minimum atomic E-state index is -0.733. The van der Waals surface area contributed by atoms with Gasteiger partial charge in [0.15, 0.2) is 11.3 Å². The molecule has 3 heterocycles. The van der Waals surface area contributed by atoms with Crippen LogP contribution in [0.1, 0.15) is 10.5 Å². The number of primary amides is 1. The molecule has 22 heavy (non-hydrogen) atoms. The molecule has 8 heteroatoms. The third-order valence-corrected chi connectivity index (χ3v) is 4.49. The summed E-state index contributed by atoms with van der Waals surface area (Å²) >= 11 is 1.35. The van der Waals surface area contributed by atoms with Crippen molar-refractivity contribution < 1.29 is 4.79 Å². The van der Waals surface area contributed by atoms with Crippen LogP contribution < -0.4 is 11.3 Å². The lowest BCUT2D eigenvalue weighted by molar-refractivity contribution is 0.0997. The van der Waals surface area contributed by atoms with Crippen molar-refractivity contribution in [3.8, 4) is 10.4 Å². The lowest BCUT2D eigenvalue weighted by Crippen LogP contribution is -2.15. The highest BCUT2D eigenvalue weighted by Crippen LogP contribution is 2.31. The van der Waals surface area contributed by atoms with E-state index in [9.17, 15) is 9.59 Å². The van der Waals surface area contributed by atoms with E-state index in [1.165, 1.54) is 15.9 Å². The first-order chi connectivity index (χ1) is 10.6. The Balaban J connectivity index is 2.08. The molecule has 0 aliphatic rings. The Labute approximate surface area is 127 Å². The molecule has 0 spiro atoms. The van der Waals surface area contributed by atoms with Gasteiger partial charge in [0.2, 0.25) is 0 Å². The number of carbonyl (C=O) groups excluding carboxylic acids is 1. The van der Waals surface area contributed by atoms with Gasteiger partial charge < -0.3 is 5.73 Å². The molecule has 0 fully saturated rings. The Hall–Kier alpha value is -3.00. The number of H-pyrrole nitrogens is 1. The second kappa shape index (κ2) is 4.50. The van der Waals surface area contributed by atoms with Gasteiger partial charge in [0.1, 0.15) is 4.70 Å². The molecule has 0 saturated carbocycles. The van der Waals surface area contributed by atoms with Gasteiger partial charge in [-0.3, -0.25) is 9.59 Å². The number of hydrogen-bond donors (Lipinski definition) is 2. The van der Waals surface area contributed by atoms with Gasteiger partial charge in [-0.15, -0.1) is 16.4 Å². The third kappa shape index (κ3) is 1.74. The number of nitrogens with two attached hydrogens (primary N) is 1. The van der Waals surface area contributed by atoms with Crippen molar-refractivity contribution in [2.24, 2.45) is 5.73 Å². The molecule has 4 aromatic rings. The SMILES string of the molecule is NC(=O)c1n[nH]n2c1nc(=O)c1sc(-c3ccccc3)cc12. The van der Waals surface area contributed by atoms with E-state index in [2.05, 4.69) is 15.3 Å². The smallest absolute Gasteiger partial charge is 0.291 e. The zero-order chi connectivity index (χ0) is 15.3. The summed E-state index contributed by atoms with van der Waals surface area (Å²) < 4.78 is 2.00. The van der Waals surface area contributed by atoms with Gasteiger partial charge in [0, 0.05) is 4.88 Å². The van der Waals surface area contributed by atoms with Gasteiger partial charge >= 0.3 is 0 Å². The topological polar surface area (TPSA) is 106 Å². The van der Waals surface area contributed by atoms with Crippen molar-refractivity contribution in [3.05, 3.63) is 52.4 Å². The summed E-state index contributed by atoms with van der Waals surface area (Å²) in [5, 5.41) is 6.51. The predicted molar refractivity (Wildman–Crippen MR) is 82.9 cm³/mol. The zero-order valence-electron chi connectivity index (χ0n) is 11.1. The van der Waals surface area contributed by atoms with Crippen molar-refractivity contribution >= 4 is 33.1 Å². The average molecular weight is 311 g/mol. The van der Waals surface area contributed by atoms with Crippen LogP contribution in [-0.2, 0) is 0 Å². The first kappa shape index (κ1) is 12.7. The first-order valence-electron chi connectivity index (χ1n) is 6.41. The van der Waals surface area contributed by atoms with Crippen LogP contribution in [0, 0.1) is 0 Å². The summed E-state index contributed by atoms with van der Waals surface area (Å²) in [5.41, 5.74) is 6.56. The number of rotatable bonds is 2. The first-order valence-corrected chi connectivity index (χ1v) is 7.22. The molecular formula is C14H9N5O2S. The van der Waals surface area contributed by atoms with E-state index in [0.717, 1.165) is 10.4 Å². The quantitative estimate of drug-likeness (QED) is 0.583. The van der Waals surface area contributed by atoms with Crippen molar-refractivity contribution in [2.45, 2.75) is 0 Å². The molecule has 0 atom stereocenters. The fourth-order valence-electron chi connectivity index (χ4n) is 2.33. The second-order valence-electron chi connectivity index (χ2n) is 4.69. The molecule has 1 amide bonds. The van der Waals surface area contributed by atoms with E-state index >= 15 is 0 Å². The normalized spacial score (nSPS) is 11.3. The van der Waals surface area contributed by atoms with Crippen LogP contribution in [0.3, 0.4) is 0 Å². The van der Waals surface area contributed by atoms with Crippen LogP contribution in [0.2, 0.25) is 0 Å². The standard InChI is InChI=1S/C14H9N5O2S/c15-12(20)10-13-16-14(21)11-8(19(13)18-17-10)6-9(22-11)7-4-2-1-3-5-7/h1-6,18H,(H2,15,20). The Morgan fingerprint density at radius 1 is 1.27 bits per heavy atom. The molecule has 108 valence electrons. The largest absolute Gasteiger partial charge is 0.364 e. The van der Waals surface area contributed by atoms with Crippen molar-refractivity contribution in [1.82, 2.24) is 19.8 Å². The second-order valence-corrected chi connectivity index (χ2v) is 5.74. The Bertz CT molecular complexity index is 1080. The van der Waals surface area contributed by atoms with E-state index in [1.807, 2.05) is 36.4 Å². The highest BCUT2D eigenvalue weighted by atomic mass is 32.1. The van der Waals surface area contributed by atoms with Crippen molar-refractivity contribution in [3.63, 3.8) is 0 Å². The summed E-state index contributed by atoms with van der Waals surface area (Å²) in [6.07, 6.45) is 0. The van der Waals surface area contributed by atoms with Gasteiger partial charge in [-0.2, -0.15) is 4.98 Å². The zero-order valence-corrected chi connectivity index (χ0v) is 11.9. The minimum Gasteiger partial charge on any atom is -0.364 e. The summed E-state index contributed by atoms with van der Waals surface area (Å²) in [7, 11) is 0. The third-order valence-electron chi connectivity index (χ3n) is 3.33. The number of fused-ring (bicyclic) bond motifs is 3. The molecule has 3 N–H and O–H groups in total. The maximum atomic E-state index is 12.2. The number of aromatic nitrogens is 4. The van der Waals surface area contributed by atoms with Crippen LogP contribution in [-0.4, -0.2) is 25.7 Å². The molecule has 7 nitrogen and oxygen atoms in total. The molecule has 0 aliphatic carbocycles. The van der Waals surface area contributed by atoms with Gasteiger partial charge in [-0.25, -0.2) is 9.73 Å². The van der Waals surface area contributed by atoms with Gasteiger partial charge in [0.05, 0.1) is 5.52 Å². The molecule has 0 bridgehead atoms. The lowest BCUT2D eigenvalue weighted by Gasteiger charge is -1.94. The molecule has 0 aliphatic heterocycles. The molecule has 0 unspecified atom stereocenters. The van der Waals surface area contributed by atoms with E-state index < -0.39 is 11.5 Å². The van der Waals surface area contributed by atoms with Gasteiger partial charge in [-0.05, 0) is 11.6 Å². The molecule has 0 radical (unpaired) electrons. The summed E-state index contributed by atoms with van der Waals surface area (Å²) in [6, 6.07) is 11.6. The number of amides is 1. The van der Waals surface area contributed by atoms with Crippen LogP contribution in [0.15, 0.2) is 41.2 Å². The van der Waals surface area contributed by atoms with E-state index in [0.29, 0.717) is 10.2 Å². The average Bonchev–Trinajstić information content (AvgIpc) is 3.12. The summed E-state index contributed by atoms with van der Waals surface area (Å²) in [4.78, 5) is 28.4. The minimum absolute atomic E-state index is 0.0496. The summed E-state index contributed by atoms with van der Waals surface area (Å²) in [5.74, 6) is -0.733. The maximum Gasteiger partial charge on any atom is 0.291 e. The monoisotopic (exact) mass is 311 g/mol. The van der Waals surface area contributed by atoms with Crippen LogP contribution in [0.25, 0.3) is 26.3 Å². The molecule has 0 saturated heterocycles. The molecule has 3 aromatic heterocycles. The molecule has 4 rings (SSSR count). The summed E-state index contributed by atoms with van der Waals surface area (Å²) in [6.45, 7) is 0. The predicted octanol–water partition coefficient (Wildman–Crippen LogP) is 1.40. The number of thiophene rings is 1. The van der Waals surface area contributed by atoms with E-state index in [1.54, 1.807) is 0 Å². The Morgan fingerprint density at radius 3 is 2.77 bits per heavy atom. The number of nitrogens with one attached hydrogen (secondary N) is 1. The number of aromatic amines is 1. The lowest BCUT2D eigenvalue weighted by atomic mass is 10.2. The number of nitrogens with zero attached hydrogens (tertiary/aromatic N) is 3. The maximum absolute atomic E-state index is 12.2. The number of carbonyl (C=O) groups is 1. The fraction of sp³-hybridized carbons (Fsp3) is 0. The van der Waals surface area contributed by atoms with Crippen LogP contribution in [0.4, 0.5) is 0 Å². The van der Waals surface area contributed by atoms with Crippen molar-refractivity contribution in [2.75, 3.05) is 0 Å². The number of benzene rings is 1. The highest BCUT2D eigenvalue weighted by molar-refractivity contribution is 7.22. The Kier molecular flexibility index (Phi) is 2.60. The van der Waals surface area contributed by atoms with Crippen LogP contribution >= 0.6 is 11.3 Å². The van der Waals surface area contributed by atoms with Crippen molar-refractivity contribution in [1.29, 1.82) is 0 Å². The van der Waals surface area contributed by atoms with E-state index in [4.69, 9.17) is 5.73 Å². The molecule has 1 aromatic carbocycles. The highest BCUT2D eigenvalue weighted by Gasteiger charge is 2.18. The number of hydrogen-bond acceptors (Lipinski definition) is 5. The fourth-order valence-corrected chi connectivity index (χ4v) is 3.36. The van der Waals surface area contributed by atoms with Gasteiger partial charge in [-0.1, -0.05) is 30.3 Å². The van der Waals surface area contributed by atoms with Crippen LogP contribution in [0.5, 0.6) is 0 Å². The Morgan fingerprint density at radius 2 is 2.05 bits per heavy atom.